The van der Waals surface area contributed by atoms with Gasteiger partial charge in [-0.15, -0.1) is 0 Å². The number of nitrogens with one attached hydrogen (secondary N) is 1. The molecule has 1 aromatic rings. The van der Waals surface area contributed by atoms with Crippen molar-refractivity contribution in [1.82, 2.24) is 9.78 Å². The molecule has 0 aliphatic carbocycles. The maximum absolute atomic E-state index is 12.0. The van der Waals surface area contributed by atoms with E-state index in [0.717, 1.165) is 6.42 Å². The van der Waals surface area contributed by atoms with Crippen LogP contribution in [0.5, 0.6) is 0 Å². The highest BCUT2D eigenvalue weighted by atomic mass is 79.9. The van der Waals surface area contributed by atoms with E-state index in [1.165, 1.54) is 4.68 Å². The van der Waals surface area contributed by atoms with Gasteiger partial charge in [0.1, 0.15) is 4.47 Å². The first-order chi connectivity index (χ1) is 8.82. The Hall–Kier alpha value is -0.880. The highest BCUT2D eigenvalue weighted by molar-refractivity contribution is 9.10. The number of anilines is 1. The Morgan fingerprint density at radius 3 is 2.58 bits per heavy atom. The number of halogens is 1. The number of rotatable bonds is 6. The van der Waals surface area contributed by atoms with Gasteiger partial charge in [0.25, 0.3) is 5.56 Å². The van der Waals surface area contributed by atoms with Crippen LogP contribution < -0.4 is 10.9 Å². The fourth-order valence-corrected chi connectivity index (χ4v) is 2.22. The first-order valence-corrected chi connectivity index (χ1v) is 7.31. The number of hydrogen-bond donors (Lipinski definition) is 2. The van der Waals surface area contributed by atoms with Gasteiger partial charge in [-0.25, -0.2) is 4.68 Å². The molecule has 0 amide bonds. The zero-order valence-electron chi connectivity index (χ0n) is 11.9. The predicted octanol–water partition coefficient (Wildman–Crippen LogP) is 2.41. The van der Waals surface area contributed by atoms with Crippen molar-refractivity contribution >= 4 is 21.6 Å². The van der Waals surface area contributed by atoms with E-state index in [4.69, 9.17) is 0 Å². The molecule has 1 atom stereocenters. The highest BCUT2D eigenvalue weighted by Crippen LogP contribution is 2.17. The lowest BCUT2D eigenvalue weighted by Gasteiger charge is -2.16. The summed E-state index contributed by atoms with van der Waals surface area (Å²) in [6.45, 7) is 8.33. The maximum Gasteiger partial charge on any atom is 0.283 e. The minimum atomic E-state index is -0.431. The van der Waals surface area contributed by atoms with E-state index in [1.807, 2.05) is 13.8 Å². The molecule has 0 aliphatic heterocycles. The number of aromatic nitrogens is 2. The van der Waals surface area contributed by atoms with Crippen molar-refractivity contribution in [2.24, 2.45) is 5.92 Å². The lowest BCUT2D eigenvalue weighted by atomic mass is 10.1. The van der Waals surface area contributed by atoms with Crippen LogP contribution in [0.4, 0.5) is 5.69 Å². The normalized spacial score (nSPS) is 13.1. The van der Waals surface area contributed by atoms with Crippen LogP contribution in [0.15, 0.2) is 15.5 Å². The summed E-state index contributed by atoms with van der Waals surface area (Å²) in [5.74, 6) is 0.437. The smallest absolute Gasteiger partial charge is 0.283 e. The van der Waals surface area contributed by atoms with E-state index in [-0.39, 0.29) is 11.6 Å². The third kappa shape index (κ3) is 4.62. The molecule has 0 fully saturated rings. The van der Waals surface area contributed by atoms with E-state index in [9.17, 15) is 9.90 Å². The SMILES string of the molecule is CC(C)CC(O)CNc1cnn(C(C)C)c(=O)c1Br. The zero-order valence-corrected chi connectivity index (χ0v) is 13.4. The average molecular weight is 332 g/mol. The summed E-state index contributed by atoms with van der Waals surface area (Å²) in [6.07, 6.45) is 1.90. The molecule has 0 bridgehead atoms. The molecule has 1 heterocycles. The molecule has 6 heteroatoms. The quantitative estimate of drug-likeness (QED) is 0.839. The van der Waals surface area contributed by atoms with Gasteiger partial charge in [0.15, 0.2) is 0 Å². The fraction of sp³-hybridized carbons (Fsp3) is 0.692. The third-order valence-electron chi connectivity index (χ3n) is 2.70. The second kappa shape index (κ2) is 7.05. The van der Waals surface area contributed by atoms with Crippen LogP contribution in [0.25, 0.3) is 0 Å². The van der Waals surface area contributed by atoms with Gasteiger partial charge in [-0.1, -0.05) is 13.8 Å². The summed E-state index contributed by atoms with van der Waals surface area (Å²) in [4.78, 5) is 12.0. The first kappa shape index (κ1) is 16.2. The minimum absolute atomic E-state index is 0.0179. The summed E-state index contributed by atoms with van der Waals surface area (Å²) < 4.78 is 1.87. The average Bonchev–Trinajstić information content (AvgIpc) is 2.29. The first-order valence-electron chi connectivity index (χ1n) is 6.52. The number of hydrogen-bond acceptors (Lipinski definition) is 4. The zero-order chi connectivity index (χ0) is 14.6. The second-order valence-corrected chi connectivity index (χ2v) is 6.17. The monoisotopic (exact) mass is 331 g/mol. The van der Waals surface area contributed by atoms with Crippen molar-refractivity contribution in [2.75, 3.05) is 11.9 Å². The lowest BCUT2D eigenvalue weighted by Crippen LogP contribution is -2.27. The van der Waals surface area contributed by atoms with Crippen molar-refractivity contribution in [3.8, 4) is 0 Å². The molecule has 0 saturated heterocycles. The molecule has 0 aromatic carbocycles. The van der Waals surface area contributed by atoms with Crippen LogP contribution in [0.2, 0.25) is 0 Å². The summed E-state index contributed by atoms with van der Waals surface area (Å²) in [5.41, 5.74) is 0.447. The molecule has 19 heavy (non-hydrogen) atoms. The molecule has 5 nitrogen and oxygen atoms in total. The maximum atomic E-state index is 12.0. The largest absolute Gasteiger partial charge is 0.391 e. The van der Waals surface area contributed by atoms with Gasteiger partial charge in [-0.3, -0.25) is 4.79 Å². The predicted molar refractivity (Wildman–Crippen MR) is 80.5 cm³/mol. The van der Waals surface area contributed by atoms with Crippen molar-refractivity contribution in [3.63, 3.8) is 0 Å². The Bertz CT molecular complexity index is 471. The van der Waals surface area contributed by atoms with Gasteiger partial charge in [0.2, 0.25) is 0 Å². The molecule has 0 spiro atoms. The fourth-order valence-electron chi connectivity index (χ4n) is 1.79. The number of aliphatic hydroxyl groups excluding tert-OH is 1. The van der Waals surface area contributed by atoms with Crippen LogP contribution in [-0.4, -0.2) is 27.5 Å². The van der Waals surface area contributed by atoms with Gasteiger partial charge in [-0.2, -0.15) is 5.10 Å². The molecule has 108 valence electrons. The molecule has 2 N–H and O–H groups in total. The molecule has 1 unspecified atom stereocenters. The Labute approximate surface area is 122 Å². The van der Waals surface area contributed by atoms with Crippen molar-refractivity contribution in [2.45, 2.75) is 46.3 Å². The van der Waals surface area contributed by atoms with Crippen LogP contribution >= 0.6 is 15.9 Å². The topological polar surface area (TPSA) is 67.2 Å². The van der Waals surface area contributed by atoms with Crippen molar-refractivity contribution in [1.29, 1.82) is 0 Å². The van der Waals surface area contributed by atoms with Crippen LogP contribution in [0, 0.1) is 5.92 Å². The molecule has 0 radical (unpaired) electrons. The molecule has 0 saturated carbocycles. The van der Waals surface area contributed by atoms with E-state index in [0.29, 0.717) is 22.6 Å². The van der Waals surface area contributed by atoms with E-state index in [2.05, 4.69) is 40.2 Å². The van der Waals surface area contributed by atoms with E-state index < -0.39 is 6.10 Å². The van der Waals surface area contributed by atoms with Crippen molar-refractivity contribution < 1.29 is 5.11 Å². The number of aliphatic hydroxyl groups is 1. The molecule has 1 rings (SSSR count). The van der Waals surface area contributed by atoms with Gasteiger partial charge in [-0.05, 0) is 42.1 Å². The summed E-state index contributed by atoms with van der Waals surface area (Å²) in [5, 5.41) is 17.0. The van der Waals surface area contributed by atoms with Crippen LogP contribution in [-0.2, 0) is 0 Å². The molecule has 1 aromatic heterocycles. The van der Waals surface area contributed by atoms with E-state index >= 15 is 0 Å². The lowest BCUT2D eigenvalue weighted by molar-refractivity contribution is 0.161. The Morgan fingerprint density at radius 2 is 2.05 bits per heavy atom. The third-order valence-corrected chi connectivity index (χ3v) is 3.47. The summed E-state index contributed by atoms with van der Waals surface area (Å²) in [7, 11) is 0. The van der Waals surface area contributed by atoms with Crippen molar-refractivity contribution in [3.05, 3.63) is 21.0 Å². The highest BCUT2D eigenvalue weighted by Gasteiger charge is 2.12. The molecular weight excluding hydrogens is 310 g/mol. The Morgan fingerprint density at radius 1 is 1.42 bits per heavy atom. The minimum Gasteiger partial charge on any atom is -0.391 e. The summed E-state index contributed by atoms with van der Waals surface area (Å²) >= 11 is 3.28. The van der Waals surface area contributed by atoms with Gasteiger partial charge in [0.05, 0.1) is 24.0 Å². The molecular formula is C13H22BrN3O2. The molecule has 0 aliphatic rings. The van der Waals surface area contributed by atoms with Gasteiger partial charge < -0.3 is 10.4 Å². The van der Waals surface area contributed by atoms with Crippen LogP contribution in [0.1, 0.15) is 40.2 Å². The van der Waals surface area contributed by atoms with Gasteiger partial charge in [0, 0.05) is 6.54 Å². The standard InChI is InChI=1S/C13H22BrN3O2/c1-8(2)5-10(18)6-15-11-7-16-17(9(3)4)13(19)12(11)14/h7-10,15,18H,5-6H2,1-4H3. The Balaban J connectivity index is 2.76. The van der Waals surface area contributed by atoms with E-state index in [1.54, 1.807) is 6.20 Å². The van der Waals surface area contributed by atoms with Gasteiger partial charge >= 0.3 is 0 Å². The Kier molecular flexibility index (Phi) is 6.00. The van der Waals surface area contributed by atoms with Crippen LogP contribution in [0.3, 0.4) is 0 Å². The summed E-state index contributed by atoms with van der Waals surface area (Å²) in [6, 6.07) is 0.0179. The number of nitrogens with zero attached hydrogens (tertiary/aromatic N) is 2. The second-order valence-electron chi connectivity index (χ2n) is 5.38.